The number of anilines is 1. The van der Waals surface area contributed by atoms with Gasteiger partial charge in [0, 0.05) is 48.1 Å². The normalized spacial score (nSPS) is 20.7. The van der Waals surface area contributed by atoms with Crippen LogP contribution in [0.15, 0.2) is 4.79 Å². The first-order valence-electron chi connectivity index (χ1n) is 7.30. The lowest BCUT2D eigenvalue weighted by molar-refractivity contribution is 0.245. The highest BCUT2D eigenvalue weighted by Crippen LogP contribution is 2.41. The van der Waals surface area contributed by atoms with E-state index in [0.29, 0.717) is 18.9 Å². The Morgan fingerprint density at radius 2 is 2.00 bits per heavy atom. The summed E-state index contributed by atoms with van der Waals surface area (Å²) in [6.45, 7) is 3.66. The number of ether oxygens (including phenoxy) is 1. The van der Waals surface area contributed by atoms with Gasteiger partial charge in [0.05, 0.1) is 34.3 Å². The predicted molar refractivity (Wildman–Crippen MR) is 102 cm³/mol. The molecule has 6 nitrogen and oxygen atoms in total. The van der Waals surface area contributed by atoms with Gasteiger partial charge in [-0.1, -0.05) is 0 Å². The van der Waals surface area contributed by atoms with Crippen LogP contribution in [-0.2, 0) is 0 Å². The van der Waals surface area contributed by atoms with Crippen LogP contribution in [0.25, 0.3) is 10.9 Å². The van der Waals surface area contributed by atoms with Gasteiger partial charge in [0.15, 0.2) is 17.4 Å². The van der Waals surface area contributed by atoms with Gasteiger partial charge in [-0.05, 0) is 6.92 Å². The molecule has 0 aliphatic carbocycles. The number of halogens is 4. The highest BCUT2D eigenvalue weighted by Gasteiger charge is 2.36. The lowest BCUT2D eigenvalue weighted by atomic mass is 10.1. The molecule has 128 valence electrons. The van der Waals surface area contributed by atoms with Gasteiger partial charge >= 0.3 is 5.69 Å². The molecule has 2 aliphatic rings. The van der Waals surface area contributed by atoms with E-state index in [-0.39, 0.29) is 34.9 Å². The maximum atomic E-state index is 14.7. The maximum absolute atomic E-state index is 14.7. The molecule has 3 heterocycles. The first-order valence-corrected chi connectivity index (χ1v) is 9.23. The monoisotopic (exact) mass is 560 g/mol. The zero-order valence-electron chi connectivity index (χ0n) is 12.5. The van der Waals surface area contributed by atoms with Gasteiger partial charge in [0.2, 0.25) is 0 Å². The first kappa shape index (κ1) is 16.7. The summed E-state index contributed by atoms with van der Waals surface area (Å²) in [5, 5.41) is 0.231. The van der Waals surface area contributed by atoms with Gasteiger partial charge < -0.3 is 9.64 Å². The molecule has 0 bridgehead atoms. The lowest BCUT2D eigenvalue weighted by Gasteiger charge is -2.38. The second kappa shape index (κ2) is 5.90. The predicted octanol–water partition coefficient (Wildman–Crippen LogP) is 2.41. The molecular formula is C14H12F2I2N4O2. The van der Waals surface area contributed by atoms with E-state index in [1.54, 1.807) is 22.9 Å². The summed E-state index contributed by atoms with van der Waals surface area (Å²) in [4.78, 5) is 18.3. The van der Waals surface area contributed by atoms with E-state index in [2.05, 4.69) is 31.0 Å². The number of fused-ring (bicyclic) bond motifs is 2. The van der Waals surface area contributed by atoms with Crippen molar-refractivity contribution in [2.75, 3.05) is 31.1 Å². The molecule has 0 radical (unpaired) electrons. The molecule has 4 rings (SSSR count). The minimum absolute atomic E-state index is 0.0220. The number of rotatable bonds is 0. The summed E-state index contributed by atoms with van der Waals surface area (Å²) in [6, 6.07) is -0.0778. The van der Waals surface area contributed by atoms with E-state index >= 15 is 0 Å². The fourth-order valence-corrected chi connectivity index (χ4v) is 4.44. The van der Waals surface area contributed by atoms with Gasteiger partial charge in [0.1, 0.15) is 17.9 Å². The summed E-state index contributed by atoms with van der Waals surface area (Å²) in [5.41, 5.74) is -0.710. The van der Waals surface area contributed by atoms with Crippen molar-refractivity contribution in [3.63, 3.8) is 0 Å². The quantitative estimate of drug-likeness (QED) is 0.367. The van der Waals surface area contributed by atoms with Gasteiger partial charge in [-0.25, -0.2) is 19.5 Å². The molecule has 2 aliphatic heterocycles. The molecule has 2 aromatic rings. The fourth-order valence-electron chi connectivity index (χ4n) is 3.21. The molecule has 1 aromatic carbocycles. The highest BCUT2D eigenvalue weighted by molar-refractivity contribution is 14.1. The van der Waals surface area contributed by atoms with Crippen LogP contribution in [0.3, 0.4) is 0 Å². The van der Waals surface area contributed by atoms with Gasteiger partial charge in [-0.3, -0.25) is 0 Å². The molecule has 0 spiro atoms. The Kier molecular flexibility index (Phi) is 4.10. The number of nitrogens with zero attached hydrogens (tertiary/aromatic N) is 4. The van der Waals surface area contributed by atoms with E-state index in [4.69, 9.17) is 4.74 Å². The van der Waals surface area contributed by atoms with Crippen LogP contribution in [0.2, 0.25) is 0 Å². The van der Waals surface area contributed by atoms with Crippen molar-refractivity contribution >= 4 is 62.4 Å². The van der Waals surface area contributed by atoms with Crippen molar-refractivity contribution in [1.29, 1.82) is 0 Å². The average molecular weight is 560 g/mol. The zero-order chi connectivity index (χ0) is 17.2. The van der Waals surface area contributed by atoms with Crippen LogP contribution in [0.4, 0.5) is 14.6 Å². The number of hydrogen-bond donors (Lipinski definition) is 0. The molecule has 0 saturated carbocycles. The number of aromatic nitrogens is 2. The van der Waals surface area contributed by atoms with Crippen LogP contribution in [-0.4, -0.2) is 43.2 Å². The largest absolute Gasteiger partial charge is 0.487 e. The molecule has 1 unspecified atom stereocenters. The second-order valence-electron chi connectivity index (χ2n) is 5.83. The van der Waals surface area contributed by atoms with Gasteiger partial charge in [-0.2, -0.15) is 4.98 Å². The molecule has 10 heteroatoms. The lowest BCUT2D eigenvalue weighted by Crippen LogP contribution is -2.53. The van der Waals surface area contributed by atoms with Crippen molar-refractivity contribution in [1.82, 2.24) is 10.9 Å². The summed E-state index contributed by atoms with van der Waals surface area (Å²) in [6.07, 6.45) is 0. The smallest absolute Gasteiger partial charge is 0.359 e. The molecule has 24 heavy (non-hydrogen) atoms. The van der Waals surface area contributed by atoms with Crippen LogP contribution in [0, 0.1) is 18.6 Å². The fraction of sp³-hybridized carbons (Fsp3) is 0.429. The van der Waals surface area contributed by atoms with Crippen LogP contribution < -0.4 is 15.3 Å². The van der Waals surface area contributed by atoms with E-state index in [1.807, 2.05) is 4.90 Å². The minimum Gasteiger partial charge on any atom is -0.487 e. The molecule has 1 fully saturated rings. The van der Waals surface area contributed by atoms with Crippen molar-refractivity contribution in [2.24, 2.45) is 0 Å². The maximum Gasteiger partial charge on any atom is 0.359 e. The molecule has 1 saturated heterocycles. The number of benzene rings is 1. The topological polar surface area (TPSA) is 50.6 Å². The Morgan fingerprint density at radius 3 is 2.75 bits per heavy atom. The highest BCUT2D eigenvalue weighted by atomic mass is 127. The molecule has 0 N–H and O–H groups in total. The van der Waals surface area contributed by atoms with Crippen molar-refractivity contribution in [3.8, 4) is 5.75 Å². The third kappa shape index (κ3) is 2.32. The van der Waals surface area contributed by atoms with Crippen molar-refractivity contribution < 1.29 is 13.5 Å². The summed E-state index contributed by atoms with van der Waals surface area (Å²) >= 11 is 3.91. The third-order valence-electron chi connectivity index (χ3n) is 4.44. The van der Waals surface area contributed by atoms with E-state index < -0.39 is 17.3 Å². The number of hydrogen-bond acceptors (Lipinski definition) is 5. The summed E-state index contributed by atoms with van der Waals surface area (Å²) in [5.74, 6) is -1.20. The minimum atomic E-state index is -0.754. The molecule has 0 amide bonds. The van der Waals surface area contributed by atoms with Crippen LogP contribution in [0.1, 0.15) is 5.56 Å². The molecule has 1 aromatic heterocycles. The van der Waals surface area contributed by atoms with Crippen molar-refractivity contribution in [2.45, 2.75) is 13.0 Å². The molecular weight excluding hydrogens is 548 g/mol. The standard InChI is InChI=1S/C14H12F2I2N4O2/c1-6-9(15)11-8-12(10(6)16)24-5-7-4-20(17)2-3-21(7)13(8)19-14(23)22(11)18/h7H,2-5H2,1H3. The van der Waals surface area contributed by atoms with E-state index in [9.17, 15) is 13.6 Å². The summed E-state index contributed by atoms with van der Waals surface area (Å²) < 4.78 is 38.3. The average Bonchev–Trinajstić information content (AvgIpc) is 2.70. The van der Waals surface area contributed by atoms with Gasteiger partial charge in [0.25, 0.3) is 0 Å². The van der Waals surface area contributed by atoms with E-state index in [0.717, 1.165) is 9.33 Å². The summed E-state index contributed by atoms with van der Waals surface area (Å²) in [7, 11) is 0. The Hall–Kier alpha value is -0.760. The third-order valence-corrected chi connectivity index (χ3v) is 6.22. The van der Waals surface area contributed by atoms with E-state index in [1.165, 1.54) is 6.92 Å². The number of piperazine rings is 1. The Labute approximate surface area is 163 Å². The Balaban J connectivity index is 2.11. The van der Waals surface area contributed by atoms with Gasteiger partial charge in [-0.15, -0.1) is 0 Å². The second-order valence-corrected chi connectivity index (χ2v) is 8.16. The Bertz CT molecular complexity index is 920. The van der Waals surface area contributed by atoms with Crippen LogP contribution >= 0.6 is 45.7 Å². The zero-order valence-corrected chi connectivity index (χ0v) is 16.8. The van der Waals surface area contributed by atoms with Crippen LogP contribution in [0.5, 0.6) is 5.75 Å². The van der Waals surface area contributed by atoms with Crippen molar-refractivity contribution in [3.05, 3.63) is 27.7 Å². The SMILES string of the molecule is Cc1c(F)c2c3c(nc(=O)n(I)c3c1F)N1CCN(I)CC1CO2. The molecule has 1 atom stereocenters. The Morgan fingerprint density at radius 1 is 1.25 bits per heavy atom. The first-order chi connectivity index (χ1) is 11.4.